The summed E-state index contributed by atoms with van der Waals surface area (Å²) in [7, 11) is 0. The minimum Gasteiger partial charge on any atom is -0.376 e. The lowest BCUT2D eigenvalue weighted by atomic mass is 10.1. The van der Waals surface area contributed by atoms with E-state index in [0.717, 1.165) is 23.6 Å². The summed E-state index contributed by atoms with van der Waals surface area (Å²) in [5.74, 6) is 0. The van der Waals surface area contributed by atoms with Gasteiger partial charge in [0.1, 0.15) is 0 Å². The maximum absolute atomic E-state index is 6.19. The Morgan fingerprint density at radius 3 is 2.47 bits per heavy atom. The Balaban J connectivity index is 1.91. The van der Waals surface area contributed by atoms with E-state index in [4.69, 9.17) is 34.8 Å². The van der Waals surface area contributed by atoms with Crippen LogP contribution in [0.2, 0.25) is 15.1 Å². The lowest BCUT2D eigenvalue weighted by molar-refractivity contribution is 0.762. The van der Waals surface area contributed by atoms with Crippen LogP contribution in [0.15, 0.2) is 36.4 Å². The van der Waals surface area contributed by atoms with Crippen LogP contribution < -0.4 is 5.32 Å². The lowest BCUT2D eigenvalue weighted by Crippen LogP contribution is -2.07. The first-order chi connectivity index (χ1) is 9.15. The zero-order chi connectivity index (χ0) is 13.4. The van der Waals surface area contributed by atoms with Gasteiger partial charge in [-0.25, -0.2) is 0 Å². The van der Waals surface area contributed by atoms with Crippen LogP contribution in [0.3, 0.4) is 0 Å². The molecular formula is C15H12Cl3N. The van der Waals surface area contributed by atoms with Crippen LogP contribution in [-0.4, -0.2) is 0 Å². The van der Waals surface area contributed by atoms with Crippen molar-refractivity contribution in [1.29, 1.82) is 0 Å². The summed E-state index contributed by atoms with van der Waals surface area (Å²) in [5.41, 5.74) is 3.38. The minimum atomic E-state index is 0.240. The normalized spacial score (nSPS) is 17.3. The molecule has 2 aromatic rings. The summed E-state index contributed by atoms with van der Waals surface area (Å²) in [6, 6.07) is 11.8. The van der Waals surface area contributed by atoms with Gasteiger partial charge < -0.3 is 5.32 Å². The summed E-state index contributed by atoms with van der Waals surface area (Å²) in [6.45, 7) is 0. The molecule has 0 bridgehead atoms. The Hall–Kier alpha value is -0.890. The molecule has 3 rings (SSSR count). The van der Waals surface area contributed by atoms with Gasteiger partial charge in [0.05, 0.1) is 21.8 Å². The van der Waals surface area contributed by atoms with Crippen LogP contribution in [0, 0.1) is 0 Å². The van der Waals surface area contributed by atoms with Gasteiger partial charge in [0.2, 0.25) is 0 Å². The van der Waals surface area contributed by atoms with Crippen molar-refractivity contribution < 1.29 is 0 Å². The average molecular weight is 313 g/mol. The maximum Gasteiger partial charge on any atom is 0.0723 e. The molecule has 1 aliphatic carbocycles. The first-order valence-corrected chi connectivity index (χ1v) is 7.27. The van der Waals surface area contributed by atoms with E-state index in [-0.39, 0.29) is 6.04 Å². The molecule has 0 aliphatic heterocycles. The van der Waals surface area contributed by atoms with E-state index in [1.807, 2.05) is 30.3 Å². The number of para-hydroxylation sites is 1. The largest absolute Gasteiger partial charge is 0.376 e. The molecule has 2 aromatic carbocycles. The van der Waals surface area contributed by atoms with Crippen molar-refractivity contribution in [3.63, 3.8) is 0 Å². The molecule has 0 saturated carbocycles. The number of halogens is 3. The van der Waals surface area contributed by atoms with Gasteiger partial charge in [0, 0.05) is 5.02 Å². The molecule has 19 heavy (non-hydrogen) atoms. The number of anilines is 1. The van der Waals surface area contributed by atoms with Crippen molar-refractivity contribution in [3.8, 4) is 0 Å². The summed E-state index contributed by atoms with van der Waals surface area (Å²) < 4.78 is 0. The molecule has 1 atom stereocenters. The first kappa shape index (κ1) is 13.1. The van der Waals surface area contributed by atoms with Gasteiger partial charge >= 0.3 is 0 Å². The molecule has 0 heterocycles. The Labute approximate surface area is 127 Å². The van der Waals surface area contributed by atoms with Crippen molar-refractivity contribution >= 4 is 40.5 Å². The minimum absolute atomic E-state index is 0.240. The monoisotopic (exact) mass is 311 g/mol. The van der Waals surface area contributed by atoms with E-state index < -0.39 is 0 Å². The number of fused-ring (bicyclic) bond motifs is 1. The van der Waals surface area contributed by atoms with Gasteiger partial charge in [-0.3, -0.25) is 0 Å². The molecule has 0 aromatic heterocycles. The summed E-state index contributed by atoms with van der Waals surface area (Å²) in [5, 5.41) is 5.53. The third-order valence-electron chi connectivity index (χ3n) is 3.46. The van der Waals surface area contributed by atoms with Crippen LogP contribution >= 0.6 is 34.8 Å². The SMILES string of the molecule is Clc1ccc2c(c1)CCC2Nc1c(Cl)cccc1Cl. The molecule has 0 amide bonds. The zero-order valence-electron chi connectivity index (χ0n) is 10.1. The highest BCUT2D eigenvalue weighted by Crippen LogP contribution is 2.39. The van der Waals surface area contributed by atoms with Gasteiger partial charge in [-0.1, -0.05) is 46.9 Å². The lowest BCUT2D eigenvalue weighted by Gasteiger charge is -2.17. The van der Waals surface area contributed by atoms with Gasteiger partial charge in [0.25, 0.3) is 0 Å². The van der Waals surface area contributed by atoms with Crippen molar-refractivity contribution in [2.75, 3.05) is 5.32 Å². The van der Waals surface area contributed by atoms with E-state index in [2.05, 4.69) is 11.4 Å². The molecule has 1 N–H and O–H groups in total. The highest BCUT2D eigenvalue weighted by atomic mass is 35.5. The number of benzene rings is 2. The number of rotatable bonds is 2. The molecule has 0 radical (unpaired) electrons. The Morgan fingerprint density at radius 1 is 1.00 bits per heavy atom. The summed E-state index contributed by atoms with van der Waals surface area (Å²) >= 11 is 18.4. The number of hydrogen-bond donors (Lipinski definition) is 1. The quantitative estimate of drug-likeness (QED) is 0.745. The van der Waals surface area contributed by atoms with E-state index in [1.165, 1.54) is 11.1 Å². The Bertz CT molecular complexity index is 605. The Morgan fingerprint density at radius 2 is 1.74 bits per heavy atom. The highest BCUT2D eigenvalue weighted by Gasteiger charge is 2.23. The third kappa shape index (κ3) is 2.55. The molecular weight excluding hydrogens is 301 g/mol. The predicted octanol–water partition coefficient (Wildman–Crippen LogP) is 5.75. The topological polar surface area (TPSA) is 12.0 Å². The fourth-order valence-corrected chi connectivity index (χ4v) is 3.25. The van der Waals surface area contributed by atoms with Crippen LogP contribution in [0.1, 0.15) is 23.6 Å². The standard InChI is InChI=1S/C15H12Cl3N/c16-10-5-6-11-9(8-10)4-7-14(11)19-15-12(17)2-1-3-13(15)18/h1-3,5-6,8,14,19H,4,7H2. The van der Waals surface area contributed by atoms with Crippen molar-refractivity contribution in [2.45, 2.75) is 18.9 Å². The van der Waals surface area contributed by atoms with Crippen LogP contribution in [-0.2, 0) is 6.42 Å². The number of nitrogens with one attached hydrogen (secondary N) is 1. The van der Waals surface area contributed by atoms with Crippen molar-refractivity contribution in [2.24, 2.45) is 0 Å². The molecule has 98 valence electrons. The maximum atomic E-state index is 6.19. The van der Waals surface area contributed by atoms with Gasteiger partial charge in [-0.05, 0) is 48.2 Å². The number of hydrogen-bond acceptors (Lipinski definition) is 1. The van der Waals surface area contributed by atoms with Crippen LogP contribution in [0.5, 0.6) is 0 Å². The van der Waals surface area contributed by atoms with Gasteiger partial charge in [-0.2, -0.15) is 0 Å². The average Bonchev–Trinajstić information content (AvgIpc) is 2.76. The smallest absolute Gasteiger partial charge is 0.0723 e. The molecule has 0 saturated heterocycles. The van der Waals surface area contributed by atoms with Gasteiger partial charge in [-0.15, -0.1) is 0 Å². The van der Waals surface area contributed by atoms with E-state index in [0.29, 0.717) is 10.0 Å². The first-order valence-electron chi connectivity index (χ1n) is 6.14. The van der Waals surface area contributed by atoms with Gasteiger partial charge in [0.15, 0.2) is 0 Å². The van der Waals surface area contributed by atoms with E-state index >= 15 is 0 Å². The molecule has 0 spiro atoms. The highest BCUT2D eigenvalue weighted by molar-refractivity contribution is 6.39. The van der Waals surface area contributed by atoms with Crippen LogP contribution in [0.25, 0.3) is 0 Å². The van der Waals surface area contributed by atoms with Crippen molar-refractivity contribution in [1.82, 2.24) is 0 Å². The fourth-order valence-electron chi connectivity index (χ4n) is 2.55. The van der Waals surface area contributed by atoms with E-state index in [9.17, 15) is 0 Å². The van der Waals surface area contributed by atoms with E-state index in [1.54, 1.807) is 0 Å². The zero-order valence-corrected chi connectivity index (χ0v) is 12.4. The Kier molecular flexibility index (Phi) is 3.62. The second-order valence-electron chi connectivity index (χ2n) is 4.68. The summed E-state index contributed by atoms with van der Waals surface area (Å²) in [4.78, 5) is 0. The second-order valence-corrected chi connectivity index (χ2v) is 5.93. The molecule has 1 unspecified atom stereocenters. The fraction of sp³-hybridized carbons (Fsp3) is 0.200. The molecule has 0 fully saturated rings. The van der Waals surface area contributed by atoms with Crippen molar-refractivity contribution in [3.05, 3.63) is 62.6 Å². The van der Waals surface area contributed by atoms with Crippen LogP contribution in [0.4, 0.5) is 5.69 Å². The third-order valence-corrected chi connectivity index (χ3v) is 4.33. The predicted molar refractivity (Wildman–Crippen MR) is 82.6 cm³/mol. The molecule has 1 aliphatic rings. The number of aryl methyl sites for hydroxylation is 1. The second kappa shape index (κ2) is 5.24. The molecule has 1 nitrogen and oxygen atoms in total. The molecule has 4 heteroatoms. The summed E-state index contributed by atoms with van der Waals surface area (Å²) in [6.07, 6.45) is 2.05.